The van der Waals surface area contributed by atoms with Crippen molar-refractivity contribution in [2.24, 2.45) is 0 Å². The lowest BCUT2D eigenvalue weighted by Gasteiger charge is -2.18. The third kappa shape index (κ3) is 6.90. The Labute approximate surface area is 415 Å². The average molecular weight is 919 g/mol. The van der Waals surface area contributed by atoms with Gasteiger partial charge in [-0.1, -0.05) is 206 Å². The Kier molecular flexibility index (Phi) is 9.78. The van der Waals surface area contributed by atoms with Gasteiger partial charge in [0.2, 0.25) is 0 Å². The molecule has 0 atom stereocenters. The second kappa shape index (κ2) is 17.1. The standard InChI is InChI=1S/C67H42N4O/c1-4-20-43(21-5-1)49-28-12-14-30-53(49)66-68-65(69-67(70-66)54-31-15-13-29-50(54)44-22-6-2-7-23-44)48-38-39-58(56(41-48)52-34-19-37-62-64(52)55-32-16-17-36-61(55)72-62)71-59-35-18-33-51(45-24-8-3-9-25-45)63(59)57-40-46-26-10-11-27-47(46)42-60(57)71/h1-42H. The van der Waals surface area contributed by atoms with E-state index in [1.807, 2.05) is 24.3 Å². The Balaban J connectivity index is 1.08. The van der Waals surface area contributed by atoms with Crippen LogP contribution in [0.4, 0.5) is 0 Å². The zero-order valence-electron chi connectivity index (χ0n) is 38.9. The van der Waals surface area contributed by atoms with Crippen LogP contribution in [0.1, 0.15) is 0 Å². The van der Waals surface area contributed by atoms with E-state index in [0.717, 1.165) is 88.7 Å². The molecule has 0 bridgehead atoms. The van der Waals surface area contributed by atoms with Crippen molar-refractivity contribution in [3.8, 4) is 84.4 Å². The third-order valence-corrected chi connectivity index (χ3v) is 14.1. The number of hydrogen-bond donors (Lipinski definition) is 0. The molecule has 3 aromatic heterocycles. The molecular formula is C67H42N4O. The van der Waals surface area contributed by atoms with E-state index in [9.17, 15) is 0 Å². The van der Waals surface area contributed by atoms with E-state index < -0.39 is 0 Å². The molecule has 0 saturated carbocycles. The molecule has 0 radical (unpaired) electrons. The third-order valence-electron chi connectivity index (χ3n) is 14.1. The quantitative estimate of drug-likeness (QED) is 0.152. The average Bonchev–Trinajstić information content (AvgIpc) is 4.00. The molecule has 5 nitrogen and oxygen atoms in total. The first-order valence-electron chi connectivity index (χ1n) is 24.3. The summed E-state index contributed by atoms with van der Waals surface area (Å²) in [4.78, 5) is 16.3. The van der Waals surface area contributed by atoms with E-state index in [2.05, 4.69) is 235 Å². The zero-order valence-corrected chi connectivity index (χ0v) is 38.9. The maximum Gasteiger partial charge on any atom is 0.164 e. The van der Waals surface area contributed by atoms with Gasteiger partial charge in [-0.2, -0.15) is 0 Å². The van der Waals surface area contributed by atoms with Gasteiger partial charge in [-0.05, 0) is 98.2 Å². The molecule has 0 fully saturated rings. The first-order chi connectivity index (χ1) is 35.7. The zero-order chi connectivity index (χ0) is 47.5. The normalized spacial score (nSPS) is 11.6. The van der Waals surface area contributed by atoms with Crippen LogP contribution in [0.25, 0.3) is 139 Å². The Morgan fingerprint density at radius 3 is 1.44 bits per heavy atom. The fourth-order valence-electron chi connectivity index (χ4n) is 10.8. The lowest BCUT2D eigenvalue weighted by atomic mass is 9.95. The summed E-state index contributed by atoms with van der Waals surface area (Å²) < 4.78 is 9.06. The van der Waals surface area contributed by atoms with Gasteiger partial charge in [0.05, 0.1) is 16.7 Å². The topological polar surface area (TPSA) is 56.7 Å². The Morgan fingerprint density at radius 1 is 0.278 bits per heavy atom. The van der Waals surface area contributed by atoms with Gasteiger partial charge < -0.3 is 8.98 Å². The van der Waals surface area contributed by atoms with E-state index in [0.29, 0.717) is 17.5 Å². The van der Waals surface area contributed by atoms with Crippen molar-refractivity contribution >= 4 is 54.5 Å². The number of hydrogen-bond acceptors (Lipinski definition) is 4. The molecule has 0 aliphatic carbocycles. The molecule has 0 unspecified atom stereocenters. The number of aromatic nitrogens is 4. The maximum atomic E-state index is 6.60. The summed E-state index contributed by atoms with van der Waals surface area (Å²) in [6.07, 6.45) is 0. The summed E-state index contributed by atoms with van der Waals surface area (Å²) in [5, 5.41) is 6.86. The van der Waals surface area contributed by atoms with E-state index >= 15 is 0 Å². The van der Waals surface area contributed by atoms with Crippen molar-refractivity contribution in [1.82, 2.24) is 19.5 Å². The summed E-state index contributed by atoms with van der Waals surface area (Å²) >= 11 is 0. The highest BCUT2D eigenvalue weighted by molar-refractivity contribution is 6.20. The van der Waals surface area contributed by atoms with Crippen LogP contribution in [-0.2, 0) is 0 Å². The van der Waals surface area contributed by atoms with Crippen LogP contribution in [0.5, 0.6) is 0 Å². The minimum atomic E-state index is 0.567. The second-order valence-corrected chi connectivity index (χ2v) is 18.3. The molecule has 336 valence electrons. The molecule has 14 rings (SSSR count). The minimum absolute atomic E-state index is 0.567. The van der Waals surface area contributed by atoms with Crippen LogP contribution in [0.15, 0.2) is 259 Å². The number of benzene rings is 11. The van der Waals surface area contributed by atoms with Crippen molar-refractivity contribution in [2.75, 3.05) is 0 Å². The molecule has 0 amide bonds. The van der Waals surface area contributed by atoms with Gasteiger partial charge in [0.15, 0.2) is 17.5 Å². The Morgan fingerprint density at radius 2 is 0.778 bits per heavy atom. The van der Waals surface area contributed by atoms with E-state index in [1.165, 1.54) is 32.7 Å². The number of rotatable bonds is 8. The monoisotopic (exact) mass is 918 g/mol. The summed E-state index contributed by atoms with van der Waals surface area (Å²) in [5.74, 6) is 1.75. The van der Waals surface area contributed by atoms with Crippen LogP contribution >= 0.6 is 0 Å². The van der Waals surface area contributed by atoms with E-state index in [-0.39, 0.29) is 0 Å². The van der Waals surface area contributed by atoms with Gasteiger partial charge in [-0.25, -0.2) is 15.0 Å². The molecule has 72 heavy (non-hydrogen) atoms. The van der Waals surface area contributed by atoms with Gasteiger partial charge in [-0.3, -0.25) is 0 Å². The molecule has 14 aromatic rings. The highest BCUT2D eigenvalue weighted by Crippen LogP contribution is 2.46. The van der Waals surface area contributed by atoms with E-state index in [1.54, 1.807) is 0 Å². The predicted molar refractivity (Wildman–Crippen MR) is 297 cm³/mol. The molecule has 5 heteroatoms. The fourth-order valence-corrected chi connectivity index (χ4v) is 10.8. The van der Waals surface area contributed by atoms with Gasteiger partial charge in [-0.15, -0.1) is 0 Å². The van der Waals surface area contributed by atoms with E-state index in [4.69, 9.17) is 19.4 Å². The van der Waals surface area contributed by atoms with Crippen molar-refractivity contribution < 1.29 is 4.42 Å². The molecule has 0 spiro atoms. The van der Waals surface area contributed by atoms with Gasteiger partial charge in [0.1, 0.15) is 11.2 Å². The minimum Gasteiger partial charge on any atom is -0.456 e. The van der Waals surface area contributed by atoms with Crippen LogP contribution < -0.4 is 0 Å². The van der Waals surface area contributed by atoms with Crippen LogP contribution in [0, 0.1) is 0 Å². The van der Waals surface area contributed by atoms with Gasteiger partial charge in [0, 0.05) is 43.8 Å². The Hall–Kier alpha value is -9.71. The lowest BCUT2D eigenvalue weighted by Crippen LogP contribution is -2.03. The highest BCUT2D eigenvalue weighted by atomic mass is 16.3. The van der Waals surface area contributed by atoms with Crippen LogP contribution in [-0.4, -0.2) is 19.5 Å². The van der Waals surface area contributed by atoms with Crippen LogP contribution in [0.3, 0.4) is 0 Å². The SMILES string of the molecule is c1ccc(-c2ccccc2-c2nc(-c3ccc(-n4c5cc6ccccc6cc5c5c(-c6ccccc6)cccc54)c(-c4cccc5oc6ccccc6c45)c3)nc(-c3ccccc3-c3ccccc3)n2)cc1. The fraction of sp³-hybridized carbons (Fsp3) is 0. The summed E-state index contributed by atoms with van der Waals surface area (Å²) in [7, 11) is 0. The van der Waals surface area contributed by atoms with Crippen molar-refractivity contribution in [3.63, 3.8) is 0 Å². The van der Waals surface area contributed by atoms with Crippen molar-refractivity contribution in [3.05, 3.63) is 255 Å². The molecule has 0 aliphatic rings. The van der Waals surface area contributed by atoms with Crippen molar-refractivity contribution in [2.45, 2.75) is 0 Å². The number of furan rings is 1. The van der Waals surface area contributed by atoms with Crippen LogP contribution in [0.2, 0.25) is 0 Å². The lowest BCUT2D eigenvalue weighted by molar-refractivity contribution is 0.669. The predicted octanol–water partition coefficient (Wildman–Crippen LogP) is 17.7. The Bertz CT molecular complexity index is 4280. The summed E-state index contributed by atoms with van der Waals surface area (Å²) in [5.41, 5.74) is 16.3. The number of nitrogens with zero attached hydrogens (tertiary/aromatic N) is 4. The molecule has 3 heterocycles. The summed E-state index contributed by atoms with van der Waals surface area (Å²) in [6, 6.07) is 90.0. The molecule has 0 aliphatic heterocycles. The number of fused-ring (bicyclic) bond motifs is 7. The maximum absolute atomic E-state index is 6.60. The molecule has 11 aromatic carbocycles. The smallest absolute Gasteiger partial charge is 0.164 e. The largest absolute Gasteiger partial charge is 0.456 e. The molecular weight excluding hydrogens is 877 g/mol. The molecule has 0 saturated heterocycles. The van der Waals surface area contributed by atoms with Gasteiger partial charge in [0.25, 0.3) is 0 Å². The summed E-state index contributed by atoms with van der Waals surface area (Å²) in [6.45, 7) is 0. The van der Waals surface area contributed by atoms with Crippen molar-refractivity contribution in [1.29, 1.82) is 0 Å². The first-order valence-corrected chi connectivity index (χ1v) is 24.3. The second-order valence-electron chi connectivity index (χ2n) is 18.3. The highest BCUT2D eigenvalue weighted by Gasteiger charge is 2.24. The first kappa shape index (κ1) is 41.3. The number of para-hydroxylation sites is 1. The molecule has 0 N–H and O–H groups in total. The van der Waals surface area contributed by atoms with Gasteiger partial charge >= 0.3 is 0 Å².